The van der Waals surface area contributed by atoms with Crippen molar-refractivity contribution in [2.24, 2.45) is 0 Å². The van der Waals surface area contributed by atoms with Crippen LogP contribution in [-0.2, 0) is 12.8 Å². The van der Waals surface area contributed by atoms with Crippen molar-refractivity contribution in [1.29, 1.82) is 0 Å². The van der Waals surface area contributed by atoms with Crippen LogP contribution in [0.2, 0.25) is 0 Å². The number of nitrogens with one attached hydrogen (secondary N) is 2. The summed E-state index contributed by atoms with van der Waals surface area (Å²) in [6.45, 7) is 0. The van der Waals surface area contributed by atoms with Gasteiger partial charge in [0.1, 0.15) is 16.9 Å². The molecular formula is C20H18N2O2S. The Morgan fingerprint density at radius 3 is 2.80 bits per heavy atom. The van der Waals surface area contributed by atoms with Gasteiger partial charge < -0.3 is 15.7 Å². The first-order valence-corrected chi connectivity index (χ1v) is 9.46. The summed E-state index contributed by atoms with van der Waals surface area (Å²) in [5, 5.41) is 19.9. The topological polar surface area (TPSA) is 61.4 Å². The van der Waals surface area contributed by atoms with E-state index in [-0.39, 0.29) is 11.7 Å². The van der Waals surface area contributed by atoms with Gasteiger partial charge in [0, 0.05) is 10.4 Å². The van der Waals surface area contributed by atoms with Crippen LogP contribution < -0.4 is 10.6 Å². The molecule has 1 aromatic heterocycles. The molecule has 3 N–H and O–H groups in total. The van der Waals surface area contributed by atoms with Crippen LogP contribution in [0.15, 0.2) is 36.4 Å². The summed E-state index contributed by atoms with van der Waals surface area (Å²) in [5.41, 5.74) is 2.76. The van der Waals surface area contributed by atoms with Gasteiger partial charge in [-0.1, -0.05) is 30.3 Å². The Labute approximate surface area is 149 Å². The summed E-state index contributed by atoms with van der Waals surface area (Å²) in [6, 6.07) is 11.5. The van der Waals surface area contributed by atoms with E-state index in [0.717, 1.165) is 46.2 Å². The molecule has 126 valence electrons. The number of carbonyl (C=O) groups excluding carboxylic acids is 1. The molecule has 2 heterocycles. The number of benzene rings is 2. The first-order valence-electron chi connectivity index (χ1n) is 8.65. The lowest BCUT2D eigenvalue weighted by Gasteiger charge is -2.28. The van der Waals surface area contributed by atoms with Gasteiger partial charge in [-0.2, -0.15) is 0 Å². The fourth-order valence-electron chi connectivity index (χ4n) is 4.01. The molecule has 0 bridgehead atoms. The molecule has 0 saturated heterocycles. The standard InChI is InChI=1S/C20H18N2O2S/c23-14-10-9-11-5-1-2-6-12(11)16(14)18-21-19(24)17-13-7-3-4-8-15(13)25-20(17)22-18/h1-2,5-6,9-10,18,22-23H,3-4,7-8H2,(H,21,24). The van der Waals surface area contributed by atoms with Crippen molar-refractivity contribution < 1.29 is 9.90 Å². The molecule has 0 fully saturated rings. The molecule has 1 amide bonds. The van der Waals surface area contributed by atoms with E-state index < -0.39 is 6.17 Å². The Balaban J connectivity index is 1.63. The zero-order valence-electron chi connectivity index (χ0n) is 13.6. The van der Waals surface area contributed by atoms with Gasteiger partial charge in [-0.05, 0) is 48.1 Å². The van der Waals surface area contributed by atoms with Crippen LogP contribution in [0, 0.1) is 0 Å². The summed E-state index contributed by atoms with van der Waals surface area (Å²) in [4.78, 5) is 14.2. The van der Waals surface area contributed by atoms with Crippen molar-refractivity contribution in [1.82, 2.24) is 5.32 Å². The van der Waals surface area contributed by atoms with Crippen LogP contribution in [0.25, 0.3) is 10.8 Å². The van der Waals surface area contributed by atoms with E-state index in [1.54, 1.807) is 17.4 Å². The first-order chi connectivity index (χ1) is 12.2. The molecule has 5 rings (SSSR count). The monoisotopic (exact) mass is 350 g/mol. The highest BCUT2D eigenvalue weighted by molar-refractivity contribution is 7.16. The molecule has 4 nitrogen and oxygen atoms in total. The zero-order valence-corrected chi connectivity index (χ0v) is 14.5. The van der Waals surface area contributed by atoms with Crippen molar-refractivity contribution in [2.45, 2.75) is 31.8 Å². The molecule has 1 atom stereocenters. The first kappa shape index (κ1) is 14.8. The minimum Gasteiger partial charge on any atom is -0.507 e. The van der Waals surface area contributed by atoms with Gasteiger partial charge in [0.15, 0.2) is 0 Å². The van der Waals surface area contributed by atoms with Crippen LogP contribution in [0.1, 0.15) is 45.4 Å². The Morgan fingerprint density at radius 1 is 1.04 bits per heavy atom. The van der Waals surface area contributed by atoms with Crippen LogP contribution in [-0.4, -0.2) is 11.0 Å². The van der Waals surface area contributed by atoms with Gasteiger partial charge in [-0.3, -0.25) is 4.79 Å². The largest absolute Gasteiger partial charge is 0.507 e. The van der Waals surface area contributed by atoms with Gasteiger partial charge >= 0.3 is 0 Å². The van der Waals surface area contributed by atoms with E-state index >= 15 is 0 Å². The highest BCUT2D eigenvalue weighted by Gasteiger charge is 2.33. The van der Waals surface area contributed by atoms with Crippen LogP contribution in [0.3, 0.4) is 0 Å². The minimum atomic E-state index is -0.425. The van der Waals surface area contributed by atoms with E-state index in [0.29, 0.717) is 0 Å². The van der Waals surface area contributed by atoms with Crippen molar-refractivity contribution in [3.05, 3.63) is 58.0 Å². The predicted octanol–water partition coefficient (Wildman–Crippen LogP) is 4.34. The average molecular weight is 350 g/mol. The van der Waals surface area contributed by atoms with Gasteiger partial charge in [-0.15, -0.1) is 11.3 Å². The summed E-state index contributed by atoms with van der Waals surface area (Å²) < 4.78 is 0. The number of hydrogen-bond acceptors (Lipinski definition) is 4. The van der Waals surface area contributed by atoms with Crippen molar-refractivity contribution >= 4 is 33.0 Å². The highest BCUT2D eigenvalue weighted by Crippen LogP contribution is 2.43. The number of aromatic hydroxyl groups is 1. The molecule has 0 spiro atoms. The lowest BCUT2D eigenvalue weighted by molar-refractivity contribution is 0.0935. The second kappa shape index (κ2) is 5.49. The average Bonchev–Trinajstić information content (AvgIpc) is 3.00. The molecule has 1 aliphatic heterocycles. The van der Waals surface area contributed by atoms with Crippen LogP contribution >= 0.6 is 11.3 Å². The number of fused-ring (bicyclic) bond motifs is 4. The lowest BCUT2D eigenvalue weighted by Crippen LogP contribution is -2.38. The summed E-state index contributed by atoms with van der Waals surface area (Å²) in [6.07, 6.45) is 3.97. The fraction of sp³-hybridized carbons (Fsp3) is 0.250. The van der Waals surface area contributed by atoms with Gasteiger partial charge in [0.05, 0.1) is 5.56 Å². The van der Waals surface area contributed by atoms with E-state index in [2.05, 4.69) is 10.6 Å². The molecular weight excluding hydrogens is 332 g/mol. The second-order valence-electron chi connectivity index (χ2n) is 6.69. The van der Waals surface area contributed by atoms with Crippen LogP contribution in [0.4, 0.5) is 5.00 Å². The molecule has 1 aliphatic carbocycles. The fourth-order valence-corrected chi connectivity index (χ4v) is 5.32. The zero-order chi connectivity index (χ0) is 17.0. The van der Waals surface area contributed by atoms with E-state index in [1.165, 1.54) is 16.9 Å². The lowest BCUT2D eigenvalue weighted by atomic mass is 9.94. The van der Waals surface area contributed by atoms with Crippen LogP contribution in [0.5, 0.6) is 5.75 Å². The Kier molecular flexibility index (Phi) is 3.25. The maximum atomic E-state index is 12.8. The SMILES string of the molecule is O=C1NC(c2c(O)ccc3ccccc23)Nc2sc3c(c21)CCCC3. The molecule has 0 radical (unpaired) electrons. The van der Waals surface area contributed by atoms with Crippen molar-refractivity contribution in [3.63, 3.8) is 0 Å². The van der Waals surface area contributed by atoms with Gasteiger partial charge in [0.25, 0.3) is 5.91 Å². The van der Waals surface area contributed by atoms with E-state index in [4.69, 9.17) is 0 Å². The Morgan fingerprint density at radius 2 is 1.88 bits per heavy atom. The smallest absolute Gasteiger partial charge is 0.256 e. The van der Waals surface area contributed by atoms with E-state index in [1.807, 2.05) is 30.3 Å². The molecule has 2 aliphatic rings. The number of hydrogen-bond donors (Lipinski definition) is 3. The molecule has 25 heavy (non-hydrogen) atoms. The highest BCUT2D eigenvalue weighted by atomic mass is 32.1. The third-order valence-corrected chi connectivity index (χ3v) is 6.41. The van der Waals surface area contributed by atoms with E-state index in [9.17, 15) is 9.90 Å². The quantitative estimate of drug-likeness (QED) is 0.612. The van der Waals surface area contributed by atoms with Crippen molar-refractivity contribution in [2.75, 3.05) is 5.32 Å². The second-order valence-corrected chi connectivity index (χ2v) is 7.79. The summed E-state index contributed by atoms with van der Waals surface area (Å²) >= 11 is 1.70. The Hall–Kier alpha value is -2.53. The molecule has 0 saturated carbocycles. The number of anilines is 1. The Bertz CT molecular complexity index is 1010. The third-order valence-electron chi connectivity index (χ3n) is 5.19. The number of aryl methyl sites for hydroxylation is 1. The maximum absolute atomic E-state index is 12.8. The molecule has 5 heteroatoms. The van der Waals surface area contributed by atoms with Gasteiger partial charge in [0.2, 0.25) is 0 Å². The predicted molar refractivity (Wildman–Crippen MR) is 100 cm³/mol. The normalized spacial score (nSPS) is 19.0. The number of rotatable bonds is 1. The summed E-state index contributed by atoms with van der Waals surface area (Å²) in [5.74, 6) is 0.159. The molecule has 1 unspecified atom stereocenters. The van der Waals surface area contributed by atoms with Gasteiger partial charge in [-0.25, -0.2) is 0 Å². The molecule has 3 aromatic rings. The number of amides is 1. The molecule has 2 aromatic carbocycles. The number of phenols is 1. The van der Waals surface area contributed by atoms with Crippen molar-refractivity contribution in [3.8, 4) is 5.75 Å². The number of thiophene rings is 1. The number of phenolic OH excluding ortho intramolecular Hbond substituents is 1. The summed E-state index contributed by atoms with van der Waals surface area (Å²) in [7, 11) is 0. The minimum absolute atomic E-state index is 0.0366. The maximum Gasteiger partial charge on any atom is 0.256 e. The number of carbonyl (C=O) groups is 1. The third kappa shape index (κ3) is 2.23.